The molecule has 0 saturated carbocycles. The molecule has 2 N–H and O–H groups in total. The van der Waals surface area contributed by atoms with Crippen LogP contribution in [-0.2, 0) is 16.1 Å². The molecule has 0 spiro atoms. The lowest BCUT2D eigenvalue weighted by atomic mass is 10.2. The largest absolute Gasteiger partial charge is 0.460 e. The van der Waals surface area contributed by atoms with Crippen LogP contribution in [-0.4, -0.2) is 21.5 Å². The number of carbonyl (C=O) groups is 1. The van der Waals surface area contributed by atoms with Crippen molar-refractivity contribution in [2.24, 2.45) is 5.73 Å². The molecular formula is C10H10N2O4S. The van der Waals surface area contributed by atoms with E-state index in [9.17, 15) is 14.9 Å². The molecule has 17 heavy (non-hydrogen) atoms. The number of carbonyl (C=O) groups excluding carboxylic acids is 1. The monoisotopic (exact) mass is 254 g/mol. The minimum atomic E-state index is -0.477. The Bertz CT molecular complexity index is 448. The maximum Gasteiger partial charge on any atom is 0.321 e. The highest BCUT2D eigenvalue weighted by atomic mass is 32.2. The highest BCUT2D eigenvalue weighted by Crippen LogP contribution is 2.37. The molecule has 0 radical (unpaired) electrons. The number of benzene rings is 1. The van der Waals surface area contributed by atoms with Gasteiger partial charge in [0.05, 0.1) is 10.3 Å². The number of rotatable bonds is 4. The number of nitrogens with two attached hydrogens (primary N) is 1. The van der Waals surface area contributed by atoms with Crippen molar-refractivity contribution in [1.29, 1.82) is 0 Å². The van der Waals surface area contributed by atoms with Gasteiger partial charge in [-0.1, -0.05) is 0 Å². The van der Waals surface area contributed by atoms with Gasteiger partial charge in [-0.05, 0) is 17.7 Å². The number of hydrogen-bond donors (Lipinski definition) is 1. The third kappa shape index (κ3) is 2.95. The van der Waals surface area contributed by atoms with Crippen LogP contribution >= 0.6 is 11.8 Å². The Morgan fingerprint density at radius 3 is 2.53 bits per heavy atom. The first kappa shape index (κ1) is 11.9. The SMILES string of the molecule is NC1SC1C(=O)OCc1ccc([N+](=O)[O-])cc1. The summed E-state index contributed by atoms with van der Waals surface area (Å²) in [7, 11) is 0. The van der Waals surface area contributed by atoms with Gasteiger partial charge in [-0.25, -0.2) is 0 Å². The predicted octanol–water partition coefficient (Wildman–Crippen LogP) is 1.04. The van der Waals surface area contributed by atoms with Gasteiger partial charge >= 0.3 is 5.97 Å². The zero-order chi connectivity index (χ0) is 12.4. The number of nitro benzene ring substituents is 1. The van der Waals surface area contributed by atoms with Crippen LogP contribution in [0, 0.1) is 10.1 Å². The number of nitrogens with zero attached hydrogens (tertiary/aromatic N) is 1. The molecule has 2 rings (SSSR count). The lowest BCUT2D eigenvalue weighted by Crippen LogP contribution is -2.17. The van der Waals surface area contributed by atoms with E-state index in [1.807, 2.05) is 0 Å². The van der Waals surface area contributed by atoms with Crippen molar-refractivity contribution in [3.8, 4) is 0 Å². The Hall–Kier alpha value is -1.60. The summed E-state index contributed by atoms with van der Waals surface area (Å²) in [4.78, 5) is 21.3. The summed E-state index contributed by atoms with van der Waals surface area (Å²) < 4.78 is 5.01. The maximum atomic E-state index is 11.3. The van der Waals surface area contributed by atoms with E-state index in [1.54, 1.807) is 12.1 Å². The molecule has 1 aromatic rings. The van der Waals surface area contributed by atoms with Crippen LogP contribution in [0.3, 0.4) is 0 Å². The lowest BCUT2D eigenvalue weighted by Gasteiger charge is -2.03. The second-order valence-electron chi connectivity index (χ2n) is 3.55. The van der Waals surface area contributed by atoms with E-state index in [0.717, 1.165) is 0 Å². The van der Waals surface area contributed by atoms with Crippen LogP contribution in [0.25, 0.3) is 0 Å². The Kier molecular flexibility index (Phi) is 3.30. The molecule has 0 aromatic heterocycles. The topological polar surface area (TPSA) is 95.5 Å². The summed E-state index contributed by atoms with van der Waals surface area (Å²) in [6, 6.07) is 5.87. The maximum absolute atomic E-state index is 11.3. The fourth-order valence-corrected chi connectivity index (χ4v) is 1.80. The van der Waals surface area contributed by atoms with Crippen molar-refractivity contribution >= 4 is 23.4 Å². The smallest absolute Gasteiger partial charge is 0.321 e. The Balaban J connectivity index is 1.86. The van der Waals surface area contributed by atoms with E-state index in [-0.39, 0.29) is 28.9 Å². The van der Waals surface area contributed by atoms with Crippen LogP contribution in [0.1, 0.15) is 5.56 Å². The first-order valence-corrected chi connectivity index (χ1v) is 5.83. The van der Waals surface area contributed by atoms with Gasteiger partial charge < -0.3 is 10.5 Å². The fraction of sp³-hybridized carbons (Fsp3) is 0.300. The summed E-state index contributed by atoms with van der Waals surface area (Å²) in [6.07, 6.45) is 0. The first-order chi connectivity index (χ1) is 8.08. The van der Waals surface area contributed by atoms with Gasteiger partial charge in [-0.2, -0.15) is 0 Å². The van der Waals surface area contributed by atoms with Crippen LogP contribution in [0.5, 0.6) is 0 Å². The molecule has 0 aliphatic carbocycles. The van der Waals surface area contributed by atoms with Gasteiger partial charge in [-0.15, -0.1) is 11.8 Å². The van der Waals surface area contributed by atoms with Crippen molar-refractivity contribution in [2.45, 2.75) is 17.2 Å². The average Bonchev–Trinajstić information content (AvgIpc) is 3.04. The van der Waals surface area contributed by atoms with E-state index in [4.69, 9.17) is 10.5 Å². The lowest BCUT2D eigenvalue weighted by molar-refractivity contribution is -0.384. The molecule has 1 aromatic carbocycles. The predicted molar refractivity (Wildman–Crippen MR) is 62.2 cm³/mol. The quantitative estimate of drug-likeness (QED) is 0.373. The molecule has 90 valence electrons. The first-order valence-electron chi connectivity index (χ1n) is 4.89. The third-order valence-corrected chi connectivity index (χ3v) is 3.34. The summed E-state index contributed by atoms with van der Waals surface area (Å²) >= 11 is 1.35. The van der Waals surface area contributed by atoms with Crippen LogP contribution in [0.4, 0.5) is 5.69 Å². The average molecular weight is 254 g/mol. The van der Waals surface area contributed by atoms with Gasteiger partial charge in [0.15, 0.2) is 0 Å². The Morgan fingerprint density at radius 1 is 1.47 bits per heavy atom. The normalized spacial score (nSPS) is 21.9. The molecule has 1 aliphatic heterocycles. The highest BCUT2D eigenvalue weighted by Gasteiger charge is 2.42. The third-order valence-electron chi connectivity index (χ3n) is 2.29. The van der Waals surface area contributed by atoms with Crippen molar-refractivity contribution in [3.05, 3.63) is 39.9 Å². The molecule has 1 heterocycles. The van der Waals surface area contributed by atoms with Gasteiger partial charge in [-0.3, -0.25) is 14.9 Å². The zero-order valence-corrected chi connectivity index (χ0v) is 9.55. The summed E-state index contributed by atoms with van der Waals surface area (Å²) in [6.45, 7) is 0.112. The van der Waals surface area contributed by atoms with E-state index in [1.165, 1.54) is 23.9 Å². The van der Waals surface area contributed by atoms with Crippen LogP contribution < -0.4 is 5.73 Å². The van der Waals surface area contributed by atoms with Gasteiger partial charge in [0.2, 0.25) is 0 Å². The van der Waals surface area contributed by atoms with E-state index in [2.05, 4.69) is 0 Å². The Labute approximate surface area is 101 Å². The van der Waals surface area contributed by atoms with Crippen molar-refractivity contribution in [1.82, 2.24) is 0 Å². The number of ether oxygens (including phenoxy) is 1. The Morgan fingerprint density at radius 2 is 2.06 bits per heavy atom. The van der Waals surface area contributed by atoms with Gasteiger partial charge in [0.1, 0.15) is 11.9 Å². The van der Waals surface area contributed by atoms with E-state index < -0.39 is 4.92 Å². The molecule has 0 bridgehead atoms. The molecule has 6 nitrogen and oxygen atoms in total. The molecular weight excluding hydrogens is 244 g/mol. The van der Waals surface area contributed by atoms with Gasteiger partial charge in [0.25, 0.3) is 5.69 Å². The second kappa shape index (κ2) is 4.72. The molecule has 0 amide bonds. The standard InChI is InChI=1S/C10H10N2O4S/c11-9-8(17-9)10(13)16-5-6-1-3-7(4-2-6)12(14)15/h1-4,8-9H,5,11H2. The molecule has 7 heteroatoms. The summed E-state index contributed by atoms with van der Waals surface area (Å²) in [5.74, 6) is -0.333. The zero-order valence-electron chi connectivity index (χ0n) is 8.74. The summed E-state index contributed by atoms with van der Waals surface area (Å²) in [5.41, 5.74) is 6.20. The second-order valence-corrected chi connectivity index (χ2v) is 4.88. The van der Waals surface area contributed by atoms with Crippen molar-refractivity contribution in [2.75, 3.05) is 0 Å². The van der Waals surface area contributed by atoms with Crippen molar-refractivity contribution in [3.63, 3.8) is 0 Å². The highest BCUT2D eigenvalue weighted by molar-refractivity contribution is 8.08. The van der Waals surface area contributed by atoms with Crippen LogP contribution in [0.2, 0.25) is 0 Å². The molecule has 2 unspecified atom stereocenters. The van der Waals surface area contributed by atoms with E-state index >= 15 is 0 Å². The summed E-state index contributed by atoms with van der Waals surface area (Å²) in [5, 5.41) is 10.0. The molecule has 1 saturated heterocycles. The van der Waals surface area contributed by atoms with Crippen LogP contribution in [0.15, 0.2) is 24.3 Å². The van der Waals surface area contributed by atoms with Gasteiger partial charge in [0, 0.05) is 12.1 Å². The number of hydrogen-bond acceptors (Lipinski definition) is 6. The minimum absolute atomic E-state index is 0.0137. The molecule has 2 atom stereocenters. The molecule has 1 aliphatic rings. The number of nitro groups is 1. The van der Waals surface area contributed by atoms with Crippen molar-refractivity contribution < 1.29 is 14.5 Å². The molecule has 1 fully saturated rings. The number of thioether (sulfide) groups is 1. The minimum Gasteiger partial charge on any atom is -0.460 e. The number of non-ortho nitro benzene ring substituents is 1. The fourth-order valence-electron chi connectivity index (χ4n) is 1.26. The van der Waals surface area contributed by atoms with E-state index in [0.29, 0.717) is 5.56 Å². The number of esters is 1.